The second kappa shape index (κ2) is 12.2. The molecule has 9 heteroatoms. The van der Waals surface area contributed by atoms with E-state index in [0.29, 0.717) is 36.0 Å². The van der Waals surface area contributed by atoms with Crippen LogP contribution in [0.25, 0.3) is 11.1 Å². The summed E-state index contributed by atoms with van der Waals surface area (Å²) in [5.74, 6) is 1.23. The lowest BCUT2D eigenvalue weighted by Gasteiger charge is -2.31. The highest BCUT2D eigenvalue weighted by Gasteiger charge is 2.26. The van der Waals surface area contributed by atoms with Crippen LogP contribution in [0, 0.1) is 0 Å². The van der Waals surface area contributed by atoms with Gasteiger partial charge in [0.25, 0.3) is 5.91 Å². The van der Waals surface area contributed by atoms with Crippen molar-refractivity contribution in [2.45, 2.75) is 23.7 Å². The van der Waals surface area contributed by atoms with E-state index in [1.165, 1.54) is 23.1 Å². The van der Waals surface area contributed by atoms with E-state index in [-0.39, 0.29) is 17.7 Å². The molecule has 0 spiro atoms. The Morgan fingerprint density at radius 2 is 1.84 bits per heavy atom. The number of thiazole rings is 1. The van der Waals surface area contributed by atoms with Crippen LogP contribution in [0.2, 0.25) is 0 Å². The number of methoxy groups -OCH3 is 1. The van der Waals surface area contributed by atoms with Crippen LogP contribution in [0.15, 0.2) is 83.3 Å². The molecule has 2 aromatic heterocycles. The molecule has 4 aromatic rings. The number of nitrogens with one attached hydrogen (secondary N) is 1. The van der Waals surface area contributed by atoms with Crippen LogP contribution in [0.4, 0.5) is 5.69 Å². The Morgan fingerprint density at radius 1 is 1.08 bits per heavy atom. The predicted octanol–water partition coefficient (Wildman–Crippen LogP) is 5.96. The smallest absolute Gasteiger partial charge is 0.275 e. The lowest BCUT2D eigenvalue weighted by molar-refractivity contribution is -0.129. The number of thioether (sulfide) groups is 1. The third kappa shape index (κ3) is 6.23. The molecule has 1 saturated heterocycles. The Hall–Kier alpha value is -3.69. The van der Waals surface area contributed by atoms with Crippen LogP contribution in [-0.4, -0.2) is 52.6 Å². The van der Waals surface area contributed by atoms with Gasteiger partial charge in [0.05, 0.1) is 23.6 Å². The summed E-state index contributed by atoms with van der Waals surface area (Å²) >= 11 is 3.04. The van der Waals surface area contributed by atoms with E-state index in [2.05, 4.69) is 15.3 Å². The number of hydrogen-bond donors (Lipinski definition) is 1. The monoisotopic (exact) mass is 544 g/mol. The van der Waals surface area contributed by atoms with Gasteiger partial charge >= 0.3 is 0 Å². The van der Waals surface area contributed by atoms with E-state index in [9.17, 15) is 9.59 Å². The van der Waals surface area contributed by atoms with Crippen molar-refractivity contribution in [2.75, 3.05) is 31.3 Å². The van der Waals surface area contributed by atoms with Crippen molar-refractivity contribution >= 4 is 40.6 Å². The molecular formula is C29H28N4O3S2. The molecule has 0 unspecified atom stereocenters. The molecule has 194 valence electrons. The van der Waals surface area contributed by atoms with Gasteiger partial charge in [0.2, 0.25) is 5.91 Å². The number of nitrogens with zero attached hydrogens (tertiary/aromatic N) is 3. The second-order valence-electron chi connectivity index (χ2n) is 8.93. The van der Waals surface area contributed by atoms with Crippen molar-refractivity contribution in [1.82, 2.24) is 14.9 Å². The minimum Gasteiger partial charge on any atom is -0.497 e. The van der Waals surface area contributed by atoms with Crippen LogP contribution in [0.1, 0.15) is 34.3 Å². The van der Waals surface area contributed by atoms with Gasteiger partial charge in [-0.25, -0.2) is 4.98 Å². The Balaban J connectivity index is 1.19. The number of rotatable bonds is 8. The first kappa shape index (κ1) is 25.9. The van der Waals surface area contributed by atoms with Crippen LogP contribution < -0.4 is 10.1 Å². The minimum atomic E-state index is -0.251. The fraction of sp³-hybridized carbons (Fsp3) is 0.241. The van der Waals surface area contributed by atoms with Gasteiger partial charge in [0.1, 0.15) is 11.4 Å². The zero-order valence-electron chi connectivity index (χ0n) is 21.0. The van der Waals surface area contributed by atoms with Crippen molar-refractivity contribution in [3.8, 4) is 16.9 Å². The Bertz CT molecular complexity index is 1390. The topological polar surface area (TPSA) is 84.4 Å². The molecule has 0 saturated carbocycles. The highest BCUT2D eigenvalue weighted by molar-refractivity contribution is 8.00. The molecule has 1 aliphatic rings. The number of pyridine rings is 1. The third-order valence-electron chi connectivity index (χ3n) is 6.52. The van der Waals surface area contributed by atoms with Gasteiger partial charge < -0.3 is 15.0 Å². The summed E-state index contributed by atoms with van der Waals surface area (Å²) < 4.78 is 5.38. The van der Waals surface area contributed by atoms with Crippen molar-refractivity contribution in [2.24, 2.45) is 0 Å². The molecule has 1 N–H and O–H groups in total. The lowest BCUT2D eigenvalue weighted by atomic mass is 9.97. The molecule has 2 aromatic carbocycles. The van der Waals surface area contributed by atoms with Gasteiger partial charge in [-0.15, -0.1) is 23.1 Å². The number of carbonyl (C=O) groups excluding carboxylic acids is 2. The number of aromatic nitrogens is 2. The summed E-state index contributed by atoms with van der Waals surface area (Å²) in [7, 11) is 1.61. The van der Waals surface area contributed by atoms with Crippen molar-refractivity contribution in [3.63, 3.8) is 0 Å². The highest BCUT2D eigenvalue weighted by Crippen LogP contribution is 2.33. The van der Waals surface area contributed by atoms with Gasteiger partial charge in [-0.05, 0) is 42.7 Å². The number of piperidine rings is 1. The molecule has 7 nitrogen and oxygen atoms in total. The molecule has 2 amide bonds. The summed E-state index contributed by atoms with van der Waals surface area (Å²) in [6, 6.07) is 19.4. The number of likely N-dealkylation sites (tertiary alicyclic amines) is 1. The van der Waals surface area contributed by atoms with Crippen LogP contribution in [-0.2, 0) is 4.79 Å². The first-order valence-corrected chi connectivity index (χ1v) is 14.3. The summed E-state index contributed by atoms with van der Waals surface area (Å²) in [5.41, 5.74) is 2.99. The molecule has 3 heterocycles. The van der Waals surface area contributed by atoms with Crippen LogP contribution in [0.5, 0.6) is 5.75 Å². The van der Waals surface area contributed by atoms with Crippen LogP contribution >= 0.6 is 23.1 Å². The third-order valence-corrected chi connectivity index (χ3v) is 8.53. The predicted molar refractivity (Wildman–Crippen MR) is 152 cm³/mol. The molecule has 1 aliphatic heterocycles. The molecule has 1 fully saturated rings. The number of amides is 2. The van der Waals surface area contributed by atoms with Gasteiger partial charge in [-0.2, -0.15) is 0 Å². The van der Waals surface area contributed by atoms with Crippen molar-refractivity contribution < 1.29 is 14.3 Å². The van der Waals surface area contributed by atoms with Crippen LogP contribution in [0.3, 0.4) is 0 Å². The summed E-state index contributed by atoms with van der Waals surface area (Å²) in [6.07, 6.45) is 5.15. The Morgan fingerprint density at radius 3 is 2.58 bits per heavy atom. The van der Waals surface area contributed by atoms with Crippen molar-refractivity contribution in [3.05, 3.63) is 89.1 Å². The average molecular weight is 545 g/mol. The maximum atomic E-state index is 13.2. The number of hydrogen-bond acceptors (Lipinski definition) is 7. The van der Waals surface area contributed by atoms with E-state index in [1.54, 1.807) is 19.5 Å². The van der Waals surface area contributed by atoms with Gasteiger partial charge in [-0.1, -0.05) is 30.3 Å². The summed E-state index contributed by atoms with van der Waals surface area (Å²) in [5, 5.41) is 5.79. The van der Waals surface area contributed by atoms with E-state index < -0.39 is 0 Å². The highest BCUT2D eigenvalue weighted by atomic mass is 32.2. The molecule has 5 rings (SSSR count). The maximum absolute atomic E-state index is 13.2. The van der Waals surface area contributed by atoms with E-state index >= 15 is 0 Å². The molecule has 0 bridgehead atoms. The fourth-order valence-corrected chi connectivity index (χ4v) is 6.19. The number of anilines is 1. The molecule has 0 aliphatic carbocycles. The van der Waals surface area contributed by atoms with E-state index in [1.807, 2.05) is 70.9 Å². The number of carbonyl (C=O) groups is 2. The zero-order chi connectivity index (χ0) is 26.3. The lowest BCUT2D eigenvalue weighted by Crippen LogP contribution is -2.38. The Labute approximate surface area is 230 Å². The molecular weight excluding hydrogens is 516 g/mol. The van der Waals surface area contributed by atoms with Gasteiger partial charge in [0.15, 0.2) is 0 Å². The zero-order valence-corrected chi connectivity index (χ0v) is 22.6. The molecule has 38 heavy (non-hydrogen) atoms. The second-order valence-corrected chi connectivity index (χ2v) is 10.9. The first-order valence-electron chi connectivity index (χ1n) is 12.4. The molecule has 0 radical (unpaired) electrons. The van der Waals surface area contributed by atoms with Gasteiger partial charge in [-0.3, -0.25) is 14.6 Å². The number of benzene rings is 2. The standard InChI is InChI=1S/C29H28N4O3S2/c1-36-22-7-8-24(20-5-3-2-4-6-20)25(17-22)31-28(35)26-18-38-29(32-26)21-11-15-33(16-12-21)27(34)19-37-23-9-13-30-14-10-23/h2-10,13-14,17-18,21H,11-12,15-16,19H2,1H3,(H,31,35). The largest absolute Gasteiger partial charge is 0.497 e. The first-order chi connectivity index (χ1) is 18.6. The number of ether oxygens (including phenoxy) is 1. The van der Waals surface area contributed by atoms with E-state index in [4.69, 9.17) is 4.74 Å². The van der Waals surface area contributed by atoms with E-state index in [0.717, 1.165) is 33.9 Å². The quantitative estimate of drug-likeness (QED) is 0.275. The van der Waals surface area contributed by atoms with Crippen molar-refractivity contribution in [1.29, 1.82) is 0 Å². The summed E-state index contributed by atoms with van der Waals surface area (Å²) in [4.78, 5) is 37.5. The average Bonchev–Trinajstić information content (AvgIpc) is 3.48. The maximum Gasteiger partial charge on any atom is 0.275 e. The normalized spacial score (nSPS) is 13.8. The fourth-order valence-electron chi connectivity index (χ4n) is 4.44. The van der Waals surface area contributed by atoms with Gasteiger partial charge in [0, 0.05) is 53.3 Å². The minimum absolute atomic E-state index is 0.150. The Kier molecular flexibility index (Phi) is 8.35. The summed E-state index contributed by atoms with van der Waals surface area (Å²) in [6.45, 7) is 1.40. The molecule has 0 atom stereocenters. The SMILES string of the molecule is COc1ccc(-c2ccccc2)c(NC(=O)c2csc(C3CCN(C(=O)CSc4ccncc4)CC3)n2)c1.